The van der Waals surface area contributed by atoms with Crippen LogP contribution in [0, 0.1) is 0 Å². The normalized spacial score (nSPS) is 12.1. The van der Waals surface area contributed by atoms with Crippen LogP contribution in [0.3, 0.4) is 0 Å². The maximum atomic E-state index is 9.56. The molecule has 0 saturated heterocycles. The van der Waals surface area contributed by atoms with Crippen LogP contribution in [0.25, 0.3) is 0 Å². The molecule has 2 rings (SSSR count). The van der Waals surface area contributed by atoms with E-state index in [1.807, 2.05) is 24.3 Å². The van der Waals surface area contributed by atoms with Crippen molar-refractivity contribution in [2.24, 2.45) is 5.73 Å². The molecule has 0 aliphatic rings. The van der Waals surface area contributed by atoms with Gasteiger partial charge in [0.05, 0.1) is 6.04 Å². The van der Waals surface area contributed by atoms with Gasteiger partial charge in [0.25, 0.3) is 0 Å². The van der Waals surface area contributed by atoms with Crippen LogP contribution in [0.2, 0.25) is 0 Å². The number of benzene rings is 2. The number of nitrogens with two attached hydrogens (primary N) is 1. The molecule has 0 spiro atoms. The van der Waals surface area contributed by atoms with Crippen LogP contribution in [0.1, 0.15) is 11.6 Å². The van der Waals surface area contributed by atoms with E-state index in [4.69, 9.17) is 10.5 Å². The molecule has 0 aromatic heterocycles. The first-order valence-corrected chi connectivity index (χ1v) is 6.38. The highest BCUT2D eigenvalue weighted by molar-refractivity contribution is 9.10. The van der Waals surface area contributed by atoms with Crippen molar-refractivity contribution in [1.82, 2.24) is 0 Å². The minimum absolute atomic E-state index is 0.124. The molecule has 0 aliphatic heterocycles. The van der Waals surface area contributed by atoms with E-state index in [1.54, 1.807) is 24.3 Å². The average Bonchev–Trinajstić information content (AvgIpc) is 2.37. The quantitative estimate of drug-likeness (QED) is 0.912. The summed E-state index contributed by atoms with van der Waals surface area (Å²) in [5.74, 6) is 0.571. The first-order chi connectivity index (χ1) is 8.66. The third-order valence-corrected chi connectivity index (χ3v) is 3.05. The predicted octanol–water partition coefficient (Wildman–Crippen LogP) is 3.23. The second-order valence-corrected chi connectivity index (χ2v) is 4.86. The van der Waals surface area contributed by atoms with Gasteiger partial charge < -0.3 is 15.6 Å². The molecule has 3 nitrogen and oxygen atoms in total. The van der Waals surface area contributed by atoms with Gasteiger partial charge in [-0.25, -0.2) is 0 Å². The number of ether oxygens (including phenoxy) is 1. The van der Waals surface area contributed by atoms with E-state index < -0.39 is 0 Å². The molecule has 3 N–H and O–H groups in total. The Bertz CT molecular complexity index is 531. The zero-order valence-corrected chi connectivity index (χ0v) is 11.3. The molecule has 1 atom stereocenters. The lowest BCUT2D eigenvalue weighted by molar-refractivity contribution is 0.277. The van der Waals surface area contributed by atoms with Crippen molar-refractivity contribution >= 4 is 15.9 Å². The van der Waals surface area contributed by atoms with Gasteiger partial charge in [-0.3, -0.25) is 0 Å². The maximum Gasteiger partial charge on any atom is 0.161 e. The van der Waals surface area contributed by atoms with Crippen LogP contribution >= 0.6 is 15.9 Å². The minimum atomic E-state index is -0.234. The summed E-state index contributed by atoms with van der Waals surface area (Å²) in [5.41, 5.74) is 7.02. The van der Waals surface area contributed by atoms with Gasteiger partial charge in [-0.05, 0) is 29.8 Å². The predicted molar refractivity (Wildman–Crippen MR) is 74.7 cm³/mol. The standard InChI is InChI=1S/C14H14BrNO2/c15-11-5-3-4-10(8-11)12(16)9-18-14-7-2-1-6-13(14)17/h1-8,12,17H,9,16H2. The van der Waals surface area contributed by atoms with Crippen molar-refractivity contribution in [2.45, 2.75) is 6.04 Å². The Morgan fingerprint density at radius 2 is 1.94 bits per heavy atom. The van der Waals surface area contributed by atoms with Gasteiger partial charge in [0.15, 0.2) is 11.5 Å². The van der Waals surface area contributed by atoms with Crippen LogP contribution in [0.5, 0.6) is 11.5 Å². The molecule has 94 valence electrons. The number of halogens is 1. The highest BCUT2D eigenvalue weighted by Crippen LogP contribution is 2.25. The van der Waals surface area contributed by atoms with E-state index in [2.05, 4.69) is 15.9 Å². The van der Waals surface area contributed by atoms with Crippen LogP contribution in [-0.4, -0.2) is 11.7 Å². The second-order valence-electron chi connectivity index (χ2n) is 3.94. The molecule has 18 heavy (non-hydrogen) atoms. The fourth-order valence-electron chi connectivity index (χ4n) is 1.59. The Morgan fingerprint density at radius 1 is 1.17 bits per heavy atom. The Kier molecular flexibility index (Phi) is 4.23. The van der Waals surface area contributed by atoms with Crippen molar-refractivity contribution in [2.75, 3.05) is 6.61 Å². The maximum absolute atomic E-state index is 9.56. The summed E-state index contributed by atoms with van der Waals surface area (Å²) in [5, 5.41) is 9.56. The Morgan fingerprint density at radius 3 is 2.67 bits per heavy atom. The summed E-state index contributed by atoms with van der Waals surface area (Å²) < 4.78 is 6.49. The smallest absolute Gasteiger partial charge is 0.161 e. The van der Waals surface area contributed by atoms with E-state index in [0.717, 1.165) is 10.0 Å². The highest BCUT2D eigenvalue weighted by atomic mass is 79.9. The van der Waals surface area contributed by atoms with Crippen LogP contribution in [-0.2, 0) is 0 Å². The van der Waals surface area contributed by atoms with Crippen molar-refractivity contribution in [3.63, 3.8) is 0 Å². The third-order valence-electron chi connectivity index (χ3n) is 2.56. The largest absolute Gasteiger partial charge is 0.504 e. The summed E-state index contributed by atoms with van der Waals surface area (Å²) >= 11 is 3.40. The molecule has 1 unspecified atom stereocenters. The molecule has 0 amide bonds. The fraction of sp³-hybridized carbons (Fsp3) is 0.143. The molecular formula is C14H14BrNO2. The summed E-state index contributed by atoms with van der Waals surface area (Å²) in [6.07, 6.45) is 0. The topological polar surface area (TPSA) is 55.5 Å². The Balaban J connectivity index is 2.00. The van der Waals surface area contributed by atoms with Gasteiger partial charge in [-0.15, -0.1) is 0 Å². The number of phenols is 1. The highest BCUT2D eigenvalue weighted by Gasteiger charge is 2.08. The molecule has 0 aliphatic carbocycles. The molecule has 2 aromatic rings. The monoisotopic (exact) mass is 307 g/mol. The molecular weight excluding hydrogens is 294 g/mol. The van der Waals surface area contributed by atoms with E-state index in [1.165, 1.54) is 0 Å². The molecule has 2 aromatic carbocycles. The van der Waals surface area contributed by atoms with Crippen LogP contribution < -0.4 is 10.5 Å². The molecule has 0 saturated carbocycles. The van der Waals surface area contributed by atoms with E-state index in [9.17, 15) is 5.11 Å². The number of aromatic hydroxyl groups is 1. The van der Waals surface area contributed by atoms with E-state index in [0.29, 0.717) is 12.4 Å². The van der Waals surface area contributed by atoms with Crippen LogP contribution in [0.4, 0.5) is 0 Å². The lowest BCUT2D eigenvalue weighted by Crippen LogP contribution is -2.18. The van der Waals surface area contributed by atoms with Gasteiger partial charge in [0.2, 0.25) is 0 Å². The minimum Gasteiger partial charge on any atom is -0.504 e. The van der Waals surface area contributed by atoms with Crippen molar-refractivity contribution in [1.29, 1.82) is 0 Å². The zero-order chi connectivity index (χ0) is 13.0. The molecule has 0 heterocycles. The SMILES string of the molecule is NC(COc1ccccc1O)c1cccc(Br)c1. The average molecular weight is 308 g/mol. The van der Waals surface area contributed by atoms with E-state index >= 15 is 0 Å². The number of rotatable bonds is 4. The first kappa shape index (κ1) is 12.9. The summed E-state index contributed by atoms with van der Waals surface area (Å²) in [6.45, 7) is 0.314. The number of hydrogen-bond acceptors (Lipinski definition) is 3. The lowest BCUT2D eigenvalue weighted by atomic mass is 10.1. The number of hydrogen-bond donors (Lipinski definition) is 2. The van der Waals surface area contributed by atoms with E-state index in [-0.39, 0.29) is 11.8 Å². The van der Waals surface area contributed by atoms with Crippen molar-refractivity contribution < 1.29 is 9.84 Å². The second kappa shape index (κ2) is 5.89. The lowest BCUT2D eigenvalue weighted by Gasteiger charge is -2.14. The molecule has 0 fully saturated rings. The molecule has 0 radical (unpaired) electrons. The van der Waals surface area contributed by atoms with Crippen molar-refractivity contribution in [3.8, 4) is 11.5 Å². The fourth-order valence-corrected chi connectivity index (χ4v) is 2.01. The third kappa shape index (κ3) is 3.24. The van der Waals surface area contributed by atoms with Gasteiger partial charge in [-0.1, -0.05) is 40.2 Å². The van der Waals surface area contributed by atoms with Gasteiger partial charge in [0.1, 0.15) is 6.61 Å². The van der Waals surface area contributed by atoms with Crippen LogP contribution in [0.15, 0.2) is 53.0 Å². The van der Waals surface area contributed by atoms with Crippen molar-refractivity contribution in [3.05, 3.63) is 58.6 Å². The molecule has 4 heteroatoms. The first-order valence-electron chi connectivity index (χ1n) is 5.58. The summed E-state index contributed by atoms with van der Waals surface area (Å²) in [6, 6.07) is 14.4. The summed E-state index contributed by atoms with van der Waals surface area (Å²) in [7, 11) is 0. The van der Waals surface area contributed by atoms with Gasteiger partial charge in [-0.2, -0.15) is 0 Å². The number of para-hydroxylation sites is 2. The molecule has 0 bridgehead atoms. The van der Waals surface area contributed by atoms with Gasteiger partial charge >= 0.3 is 0 Å². The number of phenolic OH excluding ortho intramolecular Hbond substituents is 1. The zero-order valence-electron chi connectivity index (χ0n) is 9.71. The Hall–Kier alpha value is -1.52. The summed E-state index contributed by atoms with van der Waals surface area (Å²) in [4.78, 5) is 0. The Labute approximate surface area is 114 Å². The van der Waals surface area contributed by atoms with Gasteiger partial charge in [0, 0.05) is 4.47 Å².